The molecule has 2 aliphatic rings. The second-order valence-corrected chi connectivity index (χ2v) is 8.06. The Bertz CT molecular complexity index is 884. The summed E-state index contributed by atoms with van der Waals surface area (Å²) in [6.07, 6.45) is 4.74. The number of likely N-dealkylation sites (N-methyl/N-ethyl adjacent to an activating group) is 1. The van der Waals surface area contributed by atoms with E-state index in [9.17, 15) is 25.0 Å². The van der Waals surface area contributed by atoms with Gasteiger partial charge < -0.3 is 15.0 Å². The van der Waals surface area contributed by atoms with Crippen molar-refractivity contribution in [2.75, 3.05) is 12.4 Å². The molecule has 0 aliphatic heterocycles. The van der Waals surface area contributed by atoms with Gasteiger partial charge in [-0.3, -0.25) is 14.9 Å². The monoisotopic (exact) mass is 414 g/mol. The quantitative estimate of drug-likeness (QED) is 0.412. The van der Waals surface area contributed by atoms with Gasteiger partial charge in [0.05, 0.1) is 16.6 Å². The van der Waals surface area contributed by atoms with Gasteiger partial charge in [-0.05, 0) is 44.7 Å². The number of benzene rings is 1. The van der Waals surface area contributed by atoms with Crippen molar-refractivity contribution < 1.29 is 19.2 Å². The fraction of sp³-hybridized carbons (Fsp3) is 0.571. The number of ether oxygens (including phenoxy) is 1. The van der Waals surface area contributed by atoms with E-state index in [0.717, 1.165) is 38.2 Å². The minimum atomic E-state index is -1.11. The molecule has 0 radical (unpaired) electrons. The van der Waals surface area contributed by atoms with Gasteiger partial charge in [-0.25, -0.2) is 4.79 Å². The molecule has 1 amide bonds. The first-order valence-electron chi connectivity index (χ1n) is 10.2. The number of amides is 1. The fourth-order valence-corrected chi connectivity index (χ4v) is 3.80. The van der Waals surface area contributed by atoms with Crippen molar-refractivity contribution >= 4 is 23.3 Å². The Morgan fingerprint density at radius 2 is 2.00 bits per heavy atom. The van der Waals surface area contributed by atoms with Crippen LogP contribution < -0.4 is 5.32 Å². The topological polar surface area (TPSA) is 126 Å². The van der Waals surface area contributed by atoms with Gasteiger partial charge in [0.25, 0.3) is 11.6 Å². The number of hydrogen-bond acceptors (Lipinski definition) is 7. The zero-order chi connectivity index (χ0) is 21.9. The fourth-order valence-electron chi connectivity index (χ4n) is 3.80. The summed E-state index contributed by atoms with van der Waals surface area (Å²) in [4.78, 5) is 37.6. The van der Waals surface area contributed by atoms with Gasteiger partial charge >= 0.3 is 5.97 Å². The molecule has 2 fully saturated rings. The standard InChI is InChI=1S/C21H26N4O5/c1-14(19(26)24(2)21(13-22)10-4-3-5-11-21)30-20(27)15-6-9-17(23-16-7-8-16)18(12-15)25(28)29/h6,9,12,14,16,23H,3-5,7-8,10-11H2,1-2H3/t14-/m0/s1. The molecule has 0 unspecified atom stereocenters. The molecule has 0 spiro atoms. The van der Waals surface area contributed by atoms with Crippen LogP contribution in [0, 0.1) is 21.4 Å². The number of carbonyl (C=O) groups is 2. The van der Waals surface area contributed by atoms with Crippen molar-refractivity contribution in [1.82, 2.24) is 4.90 Å². The Morgan fingerprint density at radius 1 is 1.33 bits per heavy atom. The van der Waals surface area contributed by atoms with Crippen molar-refractivity contribution in [3.05, 3.63) is 33.9 Å². The number of rotatable bonds is 7. The summed E-state index contributed by atoms with van der Waals surface area (Å²) < 4.78 is 5.29. The van der Waals surface area contributed by atoms with E-state index in [2.05, 4.69) is 11.4 Å². The molecule has 160 valence electrons. The highest BCUT2D eigenvalue weighted by molar-refractivity contribution is 5.93. The molecule has 9 nitrogen and oxygen atoms in total. The van der Waals surface area contributed by atoms with E-state index in [4.69, 9.17) is 4.74 Å². The lowest BCUT2D eigenvalue weighted by atomic mass is 9.81. The van der Waals surface area contributed by atoms with Crippen molar-refractivity contribution in [3.63, 3.8) is 0 Å². The molecular formula is C21H26N4O5. The zero-order valence-electron chi connectivity index (χ0n) is 17.2. The predicted molar refractivity (Wildman–Crippen MR) is 109 cm³/mol. The molecule has 0 heterocycles. The maximum atomic E-state index is 12.8. The van der Waals surface area contributed by atoms with Gasteiger partial charge in [-0.1, -0.05) is 19.3 Å². The second kappa shape index (κ2) is 8.69. The van der Waals surface area contributed by atoms with Crippen LogP contribution >= 0.6 is 0 Å². The highest BCUT2D eigenvalue weighted by Gasteiger charge is 2.41. The van der Waals surface area contributed by atoms with E-state index in [-0.39, 0.29) is 17.3 Å². The number of esters is 1. The molecule has 0 aromatic heterocycles. The number of nitro groups is 1. The molecule has 9 heteroatoms. The number of hydrogen-bond donors (Lipinski definition) is 1. The third-order valence-corrected chi connectivity index (χ3v) is 5.86. The van der Waals surface area contributed by atoms with E-state index >= 15 is 0 Å². The largest absolute Gasteiger partial charge is 0.449 e. The van der Waals surface area contributed by atoms with Crippen LogP contribution in [0.2, 0.25) is 0 Å². The van der Waals surface area contributed by atoms with Crippen molar-refractivity contribution in [1.29, 1.82) is 5.26 Å². The van der Waals surface area contributed by atoms with E-state index in [0.29, 0.717) is 18.5 Å². The lowest BCUT2D eigenvalue weighted by Crippen LogP contribution is -2.53. The molecule has 0 saturated heterocycles. The number of carbonyl (C=O) groups excluding carboxylic acids is 2. The minimum absolute atomic E-state index is 0.00184. The van der Waals surface area contributed by atoms with Crippen LogP contribution in [0.4, 0.5) is 11.4 Å². The Hall–Kier alpha value is -3.15. The van der Waals surface area contributed by atoms with Gasteiger partial charge in [0.1, 0.15) is 11.2 Å². The third-order valence-electron chi connectivity index (χ3n) is 5.86. The Morgan fingerprint density at radius 3 is 2.57 bits per heavy atom. The van der Waals surface area contributed by atoms with Crippen LogP contribution in [-0.2, 0) is 9.53 Å². The Balaban J connectivity index is 1.70. The van der Waals surface area contributed by atoms with Crippen molar-refractivity contribution in [2.24, 2.45) is 0 Å². The number of anilines is 1. The first kappa shape index (κ1) is 21.6. The molecule has 2 aliphatic carbocycles. The molecule has 1 N–H and O–H groups in total. The lowest BCUT2D eigenvalue weighted by Gasteiger charge is -2.39. The minimum Gasteiger partial charge on any atom is -0.449 e. The molecule has 0 bridgehead atoms. The molecule has 3 rings (SSSR count). The first-order valence-corrected chi connectivity index (χ1v) is 10.2. The van der Waals surface area contributed by atoms with Crippen LogP contribution in [0.5, 0.6) is 0 Å². The first-order chi connectivity index (χ1) is 14.3. The van der Waals surface area contributed by atoms with Gasteiger partial charge in [-0.15, -0.1) is 0 Å². The van der Waals surface area contributed by atoms with E-state index in [1.807, 2.05) is 0 Å². The van der Waals surface area contributed by atoms with Crippen molar-refractivity contribution in [3.8, 4) is 6.07 Å². The maximum Gasteiger partial charge on any atom is 0.339 e. The second-order valence-electron chi connectivity index (χ2n) is 8.06. The number of nitrogens with zero attached hydrogens (tertiary/aromatic N) is 3. The molecule has 1 aromatic carbocycles. The highest BCUT2D eigenvalue weighted by atomic mass is 16.6. The van der Waals surface area contributed by atoms with Crippen LogP contribution in [0.25, 0.3) is 0 Å². The molecule has 1 aromatic rings. The van der Waals surface area contributed by atoms with Gasteiger partial charge in [-0.2, -0.15) is 5.26 Å². The average Bonchev–Trinajstić information content (AvgIpc) is 3.57. The van der Waals surface area contributed by atoms with Gasteiger partial charge in [0.2, 0.25) is 0 Å². The summed E-state index contributed by atoms with van der Waals surface area (Å²) in [5.74, 6) is -1.28. The molecule has 1 atom stereocenters. The Labute approximate surface area is 175 Å². The summed E-state index contributed by atoms with van der Waals surface area (Å²) >= 11 is 0. The average molecular weight is 414 g/mol. The van der Waals surface area contributed by atoms with Crippen molar-refractivity contribution in [2.45, 2.75) is 69.6 Å². The zero-order valence-corrected chi connectivity index (χ0v) is 17.2. The lowest BCUT2D eigenvalue weighted by molar-refractivity contribution is -0.384. The molecular weight excluding hydrogens is 388 g/mol. The maximum absolute atomic E-state index is 12.8. The van der Waals surface area contributed by atoms with E-state index < -0.39 is 28.4 Å². The summed E-state index contributed by atoms with van der Waals surface area (Å²) in [7, 11) is 1.56. The normalized spacial score (nSPS) is 18.6. The molecule has 30 heavy (non-hydrogen) atoms. The summed E-state index contributed by atoms with van der Waals surface area (Å²) in [6, 6.07) is 6.58. The third kappa shape index (κ3) is 4.53. The number of nitriles is 1. The Kier molecular flexibility index (Phi) is 6.25. The SMILES string of the molecule is C[C@H](OC(=O)c1ccc(NC2CC2)c([N+](=O)[O-])c1)C(=O)N(C)C1(C#N)CCCCC1. The highest BCUT2D eigenvalue weighted by Crippen LogP contribution is 2.34. The smallest absolute Gasteiger partial charge is 0.339 e. The van der Waals surface area contributed by atoms with Crippen LogP contribution in [-0.4, -0.2) is 46.4 Å². The predicted octanol–water partition coefficient (Wildman–Crippen LogP) is 3.40. The van der Waals surface area contributed by atoms with Gasteiger partial charge in [0.15, 0.2) is 6.10 Å². The van der Waals surface area contributed by atoms with E-state index in [1.165, 1.54) is 24.0 Å². The molecule has 2 saturated carbocycles. The summed E-state index contributed by atoms with van der Waals surface area (Å²) in [5.41, 5.74) is -0.738. The number of nitro benzene ring substituents is 1. The van der Waals surface area contributed by atoms with E-state index in [1.54, 1.807) is 7.05 Å². The van der Waals surface area contributed by atoms with Gasteiger partial charge in [0, 0.05) is 19.2 Å². The van der Waals surface area contributed by atoms with Crippen LogP contribution in [0.3, 0.4) is 0 Å². The summed E-state index contributed by atoms with van der Waals surface area (Å²) in [5, 5.41) is 24.1. The van der Waals surface area contributed by atoms with Crippen LogP contribution in [0.15, 0.2) is 18.2 Å². The summed E-state index contributed by atoms with van der Waals surface area (Å²) in [6.45, 7) is 1.45. The van der Waals surface area contributed by atoms with Crippen LogP contribution in [0.1, 0.15) is 62.2 Å². The number of nitrogens with one attached hydrogen (secondary N) is 1.